The maximum absolute atomic E-state index is 12.2. The molecule has 2 aromatic carbocycles. The number of rotatable bonds is 5. The highest BCUT2D eigenvalue weighted by atomic mass is 35.5. The fraction of sp³-hybridized carbons (Fsp3) is 0.143. The third-order valence-corrected chi connectivity index (χ3v) is 2.71. The van der Waals surface area contributed by atoms with Crippen LogP contribution in [0.2, 0.25) is 5.02 Å². The summed E-state index contributed by atoms with van der Waals surface area (Å²) in [5.74, 6) is 0.125. The van der Waals surface area contributed by atoms with Crippen LogP contribution in [0.3, 0.4) is 0 Å². The van der Waals surface area contributed by atoms with Crippen LogP contribution in [0.1, 0.15) is 5.56 Å². The molecule has 0 saturated heterocycles. The van der Waals surface area contributed by atoms with Crippen LogP contribution >= 0.6 is 11.6 Å². The summed E-state index contributed by atoms with van der Waals surface area (Å²) in [6.07, 6.45) is 0. The topological polar surface area (TPSA) is 21.3 Å². The molecule has 5 heteroatoms. The molecule has 0 aliphatic carbocycles. The Morgan fingerprint density at radius 1 is 1.11 bits per heavy atom. The van der Waals surface area contributed by atoms with Gasteiger partial charge in [-0.15, -0.1) is 0 Å². The lowest BCUT2D eigenvalue weighted by Crippen LogP contribution is -2.06. The Bertz CT molecular complexity index is 548. The van der Waals surface area contributed by atoms with Crippen LogP contribution < -0.4 is 10.1 Å². The number of anilines is 1. The molecule has 0 spiro atoms. The Hall–Kier alpha value is -1.81. The Morgan fingerprint density at radius 2 is 1.89 bits per heavy atom. The van der Waals surface area contributed by atoms with Crippen molar-refractivity contribution in [2.45, 2.75) is 13.2 Å². The van der Waals surface area contributed by atoms with E-state index in [9.17, 15) is 8.78 Å². The van der Waals surface area contributed by atoms with E-state index < -0.39 is 6.61 Å². The Kier molecular flexibility index (Phi) is 4.58. The number of alkyl halides is 2. The highest BCUT2D eigenvalue weighted by Gasteiger charge is 2.08. The van der Waals surface area contributed by atoms with Gasteiger partial charge in [0.2, 0.25) is 0 Å². The van der Waals surface area contributed by atoms with Gasteiger partial charge in [0, 0.05) is 11.6 Å². The summed E-state index contributed by atoms with van der Waals surface area (Å²) in [5, 5.41) is 3.68. The van der Waals surface area contributed by atoms with Gasteiger partial charge in [-0.1, -0.05) is 35.9 Å². The molecule has 2 aromatic rings. The van der Waals surface area contributed by atoms with Crippen LogP contribution in [0, 0.1) is 0 Å². The van der Waals surface area contributed by atoms with Crippen molar-refractivity contribution in [1.29, 1.82) is 0 Å². The smallest absolute Gasteiger partial charge is 0.387 e. The van der Waals surface area contributed by atoms with E-state index in [2.05, 4.69) is 10.1 Å². The Balaban J connectivity index is 2.07. The van der Waals surface area contributed by atoms with Crippen LogP contribution in [0.5, 0.6) is 5.75 Å². The van der Waals surface area contributed by atoms with E-state index in [-0.39, 0.29) is 5.75 Å². The van der Waals surface area contributed by atoms with Crippen LogP contribution in [0.25, 0.3) is 0 Å². The maximum Gasteiger partial charge on any atom is 0.387 e. The zero-order valence-electron chi connectivity index (χ0n) is 9.95. The molecule has 1 N–H and O–H groups in total. The van der Waals surface area contributed by atoms with Crippen molar-refractivity contribution in [3.63, 3.8) is 0 Å². The first-order valence-corrected chi connectivity index (χ1v) is 6.05. The molecule has 0 aliphatic rings. The van der Waals surface area contributed by atoms with Gasteiger partial charge in [-0.3, -0.25) is 0 Å². The second-order valence-corrected chi connectivity index (χ2v) is 4.29. The first-order valence-electron chi connectivity index (χ1n) is 5.67. The summed E-state index contributed by atoms with van der Waals surface area (Å²) < 4.78 is 28.9. The van der Waals surface area contributed by atoms with E-state index in [0.29, 0.717) is 17.3 Å². The number of ether oxygens (including phenoxy) is 1. The Labute approximate surface area is 115 Å². The van der Waals surface area contributed by atoms with Gasteiger partial charge in [-0.2, -0.15) is 8.78 Å². The summed E-state index contributed by atoms with van der Waals surface area (Å²) in [6.45, 7) is -2.36. The van der Waals surface area contributed by atoms with Gasteiger partial charge in [0.15, 0.2) is 0 Å². The molecular formula is C14H12ClF2NO. The van der Waals surface area contributed by atoms with Gasteiger partial charge in [0.05, 0.1) is 5.69 Å². The monoisotopic (exact) mass is 283 g/mol. The fourth-order valence-corrected chi connectivity index (χ4v) is 1.87. The van der Waals surface area contributed by atoms with Crippen molar-refractivity contribution in [2.24, 2.45) is 0 Å². The first kappa shape index (κ1) is 13.6. The molecule has 2 rings (SSSR count). The van der Waals surface area contributed by atoms with Crippen LogP contribution in [-0.4, -0.2) is 6.61 Å². The van der Waals surface area contributed by atoms with Crippen molar-refractivity contribution in [3.8, 4) is 5.75 Å². The molecule has 100 valence electrons. The summed E-state index contributed by atoms with van der Waals surface area (Å²) in [4.78, 5) is 0. The number of halogens is 3. The van der Waals surface area contributed by atoms with E-state index in [1.165, 1.54) is 6.07 Å². The summed E-state index contributed by atoms with van der Waals surface area (Å²) in [7, 11) is 0. The molecule has 0 amide bonds. The van der Waals surface area contributed by atoms with Crippen molar-refractivity contribution >= 4 is 17.3 Å². The zero-order chi connectivity index (χ0) is 13.7. The second-order valence-electron chi connectivity index (χ2n) is 3.86. The molecule has 0 heterocycles. The molecule has 0 aliphatic heterocycles. The minimum atomic E-state index is -2.84. The van der Waals surface area contributed by atoms with Gasteiger partial charge in [0.1, 0.15) is 5.75 Å². The number of benzene rings is 2. The molecule has 0 saturated carbocycles. The lowest BCUT2D eigenvalue weighted by molar-refractivity contribution is -0.0493. The normalized spacial score (nSPS) is 10.5. The number of para-hydroxylation sites is 2. The number of nitrogens with one attached hydrogen (secondary N) is 1. The van der Waals surface area contributed by atoms with Crippen LogP contribution in [0.15, 0.2) is 48.5 Å². The average Bonchev–Trinajstić information content (AvgIpc) is 2.37. The number of hydrogen-bond acceptors (Lipinski definition) is 2. The SMILES string of the molecule is FC(F)Oc1ccccc1NCc1cccc(Cl)c1. The summed E-state index contributed by atoms with van der Waals surface area (Å²) in [6, 6.07) is 13.9. The summed E-state index contributed by atoms with van der Waals surface area (Å²) >= 11 is 5.88. The molecule has 19 heavy (non-hydrogen) atoms. The van der Waals surface area contributed by atoms with E-state index >= 15 is 0 Å². The quantitative estimate of drug-likeness (QED) is 0.869. The Morgan fingerprint density at radius 3 is 2.63 bits per heavy atom. The lowest BCUT2D eigenvalue weighted by Gasteiger charge is -2.12. The molecule has 2 nitrogen and oxygen atoms in total. The fourth-order valence-electron chi connectivity index (χ4n) is 1.66. The van der Waals surface area contributed by atoms with E-state index in [1.54, 1.807) is 24.3 Å². The molecular weight excluding hydrogens is 272 g/mol. The van der Waals surface area contributed by atoms with Crippen molar-refractivity contribution in [2.75, 3.05) is 5.32 Å². The molecule has 0 unspecified atom stereocenters. The van der Waals surface area contributed by atoms with Crippen molar-refractivity contribution < 1.29 is 13.5 Å². The molecule has 0 bridgehead atoms. The molecule has 0 radical (unpaired) electrons. The second kappa shape index (κ2) is 6.38. The standard InChI is InChI=1S/C14H12ClF2NO/c15-11-5-3-4-10(8-11)9-18-12-6-1-2-7-13(12)19-14(16)17/h1-8,14,18H,9H2. The molecule has 0 atom stereocenters. The van der Waals surface area contributed by atoms with Crippen molar-refractivity contribution in [3.05, 3.63) is 59.1 Å². The van der Waals surface area contributed by atoms with Gasteiger partial charge >= 0.3 is 6.61 Å². The third kappa shape index (κ3) is 4.10. The lowest BCUT2D eigenvalue weighted by atomic mass is 10.2. The van der Waals surface area contributed by atoms with Crippen LogP contribution in [-0.2, 0) is 6.54 Å². The minimum Gasteiger partial charge on any atom is -0.433 e. The predicted octanol–water partition coefficient (Wildman–Crippen LogP) is 4.55. The molecule has 0 fully saturated rings. The zero-order valence-corrected chi connectivity index (χ0v) is 10.7. The highest BCUT2D eigenvalue weighted by Crippen LogP contribution is 2.26. The third-order valence-electron chi connectivity index (χ3n) is 2.48. The van der Waals surface area contributed by atoms with E-state index in [4.69, 9.17) is 11.6 Å². The highest BCUT2D eigenvalue weighted by molar-refractivity contribution is 6.30. The maximum atomic E-state index is 12.2. The predicted molar refractivity (Wildman–Crippen MR) is 71.9 cm³/mol. The average molecular weight is 284 g/mol. The molecule has 0 aromatic heterocycles. The van der Waals surface area contributed by atoms with Gasteiger partial charge in [-0.25, -0.2) is 0 Å². The van der Waals surface area contributed by atoms with Gasteiger partial charge in [-0.05, 0) is 29.8 Å². The van der Waals surface area contributed by atoms with E-state index in [1.807, 2.05) is 18.2 Å². The first-order chi connectivity index (χ1) is 9.15. The van der Waals surface area contributed by atoms with Gasteiger partial charge in [0.25, 0.3) is 0 Å². The number of hydrogen-bond donors (Lipinski definition) is 1. The van der Waals surface area contributed by atoms with Crippen LogP contribution in [0.4, 0.5) is 14.5 Å². The van der Waals surface area contributed by atoms with Gasteiger partial charge < -0.3 is 10.1 Å². The minimum absolute atomic E-state index is 0.125. The largest absolute Gasteiger partial charge is 0.433 e. The summed E-state index contributed by atoms with van der Waals surface area (Å²) in [5.41, 5.74) is 1.47. The van der Waals surface area contributed by atoms with E-state index in [0.717, 1.165) is 5.56 Å². The van der Waals surface area contributed by atoms with Crippen molar-refractivity contribution in [1.82, 2.24) is 0 Å².